The average molecular weight is 235 g/mol. The molecule has 1 aromatic heterocycles. The van der Waals surface area contributed by atoms with E-state index in [1.165, 1.54) is 5.56 Å². The van der Waals surface area contributed by atoms with Gasteiger partial charge >= 0.3 is 0 Å². The van der Waals surface area contributed by atoms with Crippen LogP contribution >= 0.6 is 0 Å². The molecular formula is C13H21N3O. The summed E-state index contributed by atoms with van der Waals surface area (Å²) in [5, 5.41) is 3.18. The highest BCUT2D eigenvalue weighted by Gasteiger charge is 2.21. The molecule has 4 nitrogen and oxygen atoms in total. The Balaban J connectivity index is 2.18. The zero-order valence-electron chi connectivity index (χ0n) is 10.9. The molecule has 0 aliphatic carbocycles. The molecule has 0 bridgehead atoms. The summed E-state index contributed by atoms with van der Waals surface area (Å²) in [6.45, 7) is 4.60. The van der Waals surface area contributed by atoms with Crippen LogP contribution in [0.25, 0.3) is 0 Å². The molecule has 2 rings (SSSR count). The summed E-state index contributed by atoms with van der Waals surface area (Å²) in [4.78, 5) is 6.84. The van der Waals surface area contributed by atoms with Crippen LogP contribution in [0.4, 0.5) is 5.82 Å². The van der Waals surface area contributed by atoms with Crippen LogP contribution in [0.3, 0.4) is 0 Å². The van der Waals surface area contributed by atoms with Gasteiger partial charge in [0.15, 0.2) is 0 Å². The van der Waals surface area contributed by atoms with Crippen LogP contribution in [-0.2, 0) is 11.3 Å². The molecule has 1 aliphatic heterocycles. The maximum atomic E-state index is 5.43. The molecule has 0 amide bonds. The van der Waals surface area contributed by atoms with E-state index in [0.29, 0.717) is 6.04 Å². The Morgan fingerprint density at radius 3 is 3.00 bits per heavy atom. The van der Waals surface area contributed by atoms with Crippen molar-refractivity contribution < 1.29 is 4.74 Å². The van der Waals surface area contributed by atoms with Crippen LogP contribution in [0.2, 0.25) is 0 Å². The Hall–Kier alpha value is -1.13. The van der Waals surface area contributed by atoms with Gasteiger partial charge in [-0.2, -0.15) is 0 Å². The maximum Gasteiger partial charge on any atom is 0.129 e. The van der Waals surface area contributed by atoms with Crippen LogP contribution in [0.15, 0.2) is 12.1 Å². The second kappa shape index (κ2) is 5.47. The number of nitrogens with one attached hydrogen (secondary N) is 1. The number of nitrogens with zero attached hydrogens (tertiary/aromatic N) is 2. The lowest BCUT2D eigenvalue weighted by Crippen LogP contribution is -2.32. The van der Waals surface area contributed by atoms with E-state index >= 15 is 0 Å². The summed E-state index contributed by atoms with van der Waals surface area (Å²) in [5.74, 6) is 1.05. The summed E-state index contributed by atoms with van der Waals surface area (Å²) in [6, 6.07) is 4.74. The number of aromatic nitrogens is 1. The second-order valence-electron chi connectivity index (χ2n) is 4.63. The molecule has 1 aliphatic rings. The number of anilines is 1. The summed E-state index contributed by atoms with van der Waals surface area (Å²) in [7, 11) is 4.06. The Kier molecular flexibility index (Phi) is 3.97. The van der Waals surface area contributed by atoms with Crippen molar-refractivity contribution in [3.05, 3.63) is 23.4 Å². The van der Waals surface area contributed by atoms with Gasteiger partial charge in [0, 0.05) is 25.9 Å². The summed E-state index contributed by atoms with van der Waals surface area (Å²) in [5.41, 5.74) is 2.35. The molecule has 94 valence electrons. The van der Waals surface area contributed by atoms with E-state index < -0.39 is 0 Å². The first kappa shape index (κ1) is 12.3. The van der Waals surface area contributed by atoms with Gasteiger partial charge in [0.1, 0.15) is 5.82 Å². The van der Waals surface area contributed by atoms with Gasteiger partial charge in [0.05, 0.1) is 12.6 Å². The smallest absolute Gasteiger partial charge is 0.129 e. The summed E-state index contributed by atoms with van der Waals surface area (Å²) in [6.07, 6.45) is 1.09. The molecule has 0 radical (unpaired) electrons. The van der Waals surface area contributed by atoms with Gasteiger partial charge in [-0.25, -0.2) is 4.98 Å². The second-order valence-corrected chi connectivity index (χ2v) is 4.63. The van der Waals surface area contributed by atoms with Gasteiger partial charge in [-0.1, -0.05) is 0 Å². The minimum atomic E-state index is 0.465. The van der Waals surface area contributed by atoms with E-state index in [-0.39, 0.29) is 0 Å². The highest BCUT2D eigenvalue weighted by atomic mass is 16.5. The van der Waals surface area contributed by atoms with Gasteiger partial charge in [-0.05, 0) is 38.1 Å². The monoisotopic (exact) mass is 235 g/mol. The zero-order chi connectivity index (χ0) is 12.3. The zero-order valence-corrected chi connectivity index (χ0v) is 10.9. The Labute approximate surface area is 103 Å². The molecule has 1 atom stereocenters. The molecule has 0 saturated carbocycles. The van der Waals surface area contributed by atoms with E-state index in [1.54, 1.807) is 0 Å². The number of hydrogen-bond acceptors (Lipinski definition) is 4. The topological polar surface area (TPSA) is 37.4 Å². The Morgan fingerprint density at radius 1 is 1.53 bits per heavy atom. The summed E-state index contributed by atoms with van der Waals surface area (Å²) < 4.78 is 5.43. The van der Waals surface area contributed by atoms with Crippen molar-refractivity contribution in [2.24, 2.45) is 0 Å². The molecule has 4 heteroatoms. The third-order valence-corrected chi connectivity index (χ3v) is 3.20. The standard InChI is InChI=1S/C13H21N3O/c1-10-6-11(8-14-2)7-13(15-10)16(3)12-4-5-17-9-12/h6-7,12,14H,4-5,8-9H2,1-3H3. The number of ether oxygens (including phenoxy) is 1. The predicted molar refractivity (Wildman–Crippen MR) is 69.4 cm³/mol. The third kappa shape index (κ3) is 2.96. The van der Waals surface area contributed by atoms with Crippen molar-refractivity contribution in [2.45, 2.75) is 25.9 Å². The highest BCUT2D eigenvalue weighted by molar-refractivity contribution is 5.43. The van der Waals surface area contributed by atoms with Crippen LogP contribution < -0.4 is 10.2 Å². The molecule has 1 unspecified atom stereocenters. The molecule has 1 aromatic rings. The van der Waals surface area contributed by atoms with Crippen molar-refractivity contribution in [2.75, 3.05) is 32.2 Å². The minimum Gasteiger partial charge on any atom is -0.379 e. The van der Waals surface area contributed by atoms with Crippen molar-refractivity contribution in [1.29, 1.82) is 0 Å². The summed E-state index contributed by atoms with van der Waals surface area (Å²) >= 11 is 0. The van der Waals surface area contributed by atoms with Crippen LogP contribution in [0.1, 0.15) is 17.7 Å². The lowest BCUT2D eigenvalue weighted by molar-refractivity contribution is 0.193. The molecule has 1 fully saturated rings. The Bertz CT molecular complexity index is 375. The predicted octanol–water partition coefficient (Wildman–Crippen LogP) is 1.33. The Morgan fingerprint density at radius 2 is 2.35 bits per heavy atom. The molecular weight excluding hydrogens is 214 g/mol. The largest absolute Gasteiger partial charge is 0.379 e. The van der Waals surface area contributed by atoms with Crippen LogP contribution in [-0.4, -0.2) is 38.3 Å². The fraction of sp³-hybridized carbons (Fsp3) is 0.615. The van der Waals surface area contributed by atoms with Crippen molar-refractivity contribution in [3.63, 3.8) is 0 Å². The lowest BCUT2D eigenvalue weighted by atomic mass is 10.2. The van der Waals surface area contributed by atoms with Gasteiger partial charge in [0.25, 0.3) is 0 Å². The van der Waals surface area contributed by atoms with Crippen LogP contribution in [0, 0.1) is 6.92 Å². The van der Waals surface area contributed by atoms with E-state index in [4.69, 9.17) is 4.74 Å². The first-order valence-corrected chi connectivity index (χ1v) is 6.13. The van der Waals surface area contributed by atoms with E-state index in [1.807, 2.05) is 14.0 Å². The number of aryl methyl sites for hydroxylation is 1. The van der Waals surface area contributed by atoms with Gasteiger partial charge in [-0.15, -0.1) is 0 Å². The fourth-order valence-electron chi connectivity index (χ4n) is 2.22. The van der Waals surface area contributed by atoms with Crippen molar-refractivity contribution >= 4 is 5.82 Å². The third-order valence-electron chi connectivity index (χ3n) is 3.20. The van der Waals surface area contributed by atoms with Crippen molar-refractivity contribution in [3.8, 4) is 0 Å². The first-order chi connectivity index (χ1) is 8.20. The quantitative estimate of drug-likeness (QED) is 0.854. The van der Waals surface area contributed by atoms with Gasteiger partial charge in [-0.3, -0.25) is 0 Å². The normalized spacial score (nSPS) is 19.6. The first-order valence-electron chi connectivity index (χ1n) is 6.13. The van der Waals surface area contributed by atoms with E-state index in [9.17, 15) is 0 Å². The number of hydrogen-bond donors (Lipinski definition) is 1. The van der Waals surface area contributed by atoms with Gasteiger partial charge in [0.2, 0.25) is 0 Å². The minimum absolute atomic E-state index is 0.465. The molecule has 2 heterocycles. The molecule has 17 heavy (non-hydrogen) atoms. The van der Waals surface area contributed by atoms with Crippen LogP contribution in [0.5, 0.6) is 0 Å². The lowest BCUT2D eigenvalue weighted by Gasteiger charge is -2.25. The number of pyridine rings is 1. The number of likely N-dealkylation sites (N-methyl/N-ethyl adjacent to an activating group) is 1. The average Bonchev–Trinajstić information content (AvgIpc) is 2.81. The SMILES string of the molecule is CNCc1cc(C)nc(N(C)C2CCOC2)c1. The van der Waals surface area contributed by atoms with Crippen molar-refractivity contribution in [1.82, 2.24) is 10.3 Å². The molecule has 0 spiro atoms. The highest BCUT2D eigenvalue weighted by Crippen LogP contribution is 2.20. The van der Waals surface area contributed by atoms with Gasteiger partial charge < -0.3 is 15.0 Å². The number of rotatable bonds is 4. The maximum absolute atomic E-state index is 5.43. The molecule has 0 aromatic carbocycles. The van der Waals surface area contributed by atoms with E-state index in [2.05, 4.69) is 34.4 Å². The molecule has 1 saturated heterocycles. The van der Waals surface area contributed by atoms with E-state index in [0.717, 1.165) is 37.7 Å². The fourth-order valence-corrected chi connectivity index (χ4v) is 2.22. The molecule has 1 N–H and O–H groups in total.